The van der Waals surface area contributed by atoms with Crippen LogP contribution in [-0.4, -0.2) is 0 Å². The van der Waals surface area contributed by atoms with Crippen molar-refractivity contribution in [3.8, 4) is 0 Å². The van der Waals surface area contributed by atoms with Crippen molar-refractivity contribution < 1.29 is 137 Å². The summed E-state index contributed by atoms with van der Waals surface area (Å²) in [7, 11) is -5.39. The molecule has 0 radical (unpaired) electrons. The molecular weight excluding hydrogens is 211 g/mol. The van der Waals surface area contributed by atoms with E-state index in [0.29, 0.717) is 0 Å². The van der Waals surface area contributed by atoms with Gasteiger partial charge in [-0.1, -0.05) is 13.8 Å². The molecule has 9 heteroatoms. The minimum Gasteiger partial charge on any atom is -0.822 e. The molecule has 0 amide bonds. The second kappa shape index (κ2) is 23.7. The fraction of sp³-hybridized carbons (Fsp3) is 1.00. The SMILES string of the molecule is CC.O=P([O-])([O-])[O-].[Na+].[Na+].[Na+].[Na+]. The van der Waals surface area contributed by atoms with Crippen LogP contribution in [0.3, 0.4) is 0 Å². The molecule has 0 fully saturated rings. The third kappa shape index (κ3) is 122. The Labute approximate surface area is 156 Å². The van der Waals surface area contributed by atoms with E-state index in [1.54, 1.807) is 0 Å². The summed E-state index contributed by atoms with van der Waals surface area (Å²) in [6, 6.07) is 0. The van der Waals surface area contributed by atoms with E-state index in [2.05, 4.69) is 0 Å². The van der Waals surface area contributed by atoms with Gasteiger partial charge in [0, 0.05) is 0 Å². The number of hydrogen-bond acceptors (Lipinski definition) is 4. The van der Waals surface area contributed by atoms with E-state index >= 15 is 0 Å². The predicted molar refractivity (Wildman–Crippen MR) is 19.0 cm³/mol. The number of hydrogen-bond donors (Lipinski definition) is 0. The molecule has 4 nitrogen and oxygen atoms in total. The molecule has 0 aliphatic carbocycles. The van der Waals surface area contributed by atoms with Crippen LogP contribution in [0.25, 0.3) is 0 Å². The quantitative estimate of drug-likeness (QED) is 0.298. The van der Waals surface area contributed by atoms with Crippen molar-refractivity contribution in [1.29, 1.82) is 0 Å². The summed E-state index contributed by atoms with van der Waals surface area (Å²) < 4.78 is 8.55. The Morgan fingerprint density at radius 3 is 0.818 bits per heavy atom. The van der Waals surface area contributed by atoms with Crippen molar-refractivity contribution >= 4 is 7.82 Å². The van der Waals surface area contributed by atoms with Gasteiger partial charge in [-0.3, -0.25) is 0 Å². The van der Waals surface area contributed by atoms with Crippen molar-refractivity contribution in [3.63, 3.8) is 0 Å². The van der Waals surface area contributed by atoms with Gasteiger partial charge in [0.2, 0.25) is 0 Å². The van der Waals surface area contributed by atoms with Gasteiger partial charge in [0.1, 0.15) is 0 Å². The Morgan fingerprint density at radius 2 is 0.818 bits per heavy atom. The monoisotopic (exact) mass is 217 g/mol. The van der Waals surface area contributed by atoms with Crippen molar-refractivity contribution in [1.82, 2.24) is 0 Å². The van der Waals surface area contributed by atoms with E-state index < -0.39 is 7.82 Å². The minimum absolute atomic E-state index is 0. The van der Waals surface area contributed by atoms with E-state index in [0.717, 1.165) is 0 Å². The second-order valence-electron chi connectivity index (χ2n) is 0.447. The summed E-state index contributed by atoms with van der Waals surface area (Å²) in [6.07, 6.45) is 0. The Morgan fingerprint density at radius 1 is 0.818 bits per heavy atom. The van der Waals surface area contributed by atoms with Crippen LogP contribution in [0.2, 0.25) is 0 Å². The van der Waals surface area contributed by atoms with Crippen LogP contribution in [0, 0.1) is 0 Å². The molecule has 0 heterocycles. The summed E-state index contributed by atoms with van der Waals surface area (Å²) in [4.78, 5) is 25.6. The van der Waals surface area contributed by atoms with Crippen molar-refractivity contribution in [2.45, 2.75) is 13.8 Å². The van der Waals surface area contributed by atoms with Gasteiger partial charge in [0.05, 0.1) is 0 Å². The zero-order valence-corrected chi connectivity index (χ0v) is 17.0. The average Bonchev–Trinajstić information content (AvgIpc) is 1.36. The first-order valence-electron chi connectivity index (χ1n) is 1.73. The van der Waals surface area contributed by atoms with Gasteiger partial charge in [0.25, 0.3) is 0 Å². The van der Waals surface area contributed by atoms with Crippen LogP contribution in [-0.2, 0) is 4.57 Å². The molecule has 0 aromatic rings. The van der Waals surface area contributed by atoms with E-state index in [-0.39, 0.29) is 118 Å². The molecule has 0 aromatic heterocycles. The van der Waals surface area contributed by atoms with Crippen LogP contribution in [0.5, 0.6) is 0 Å². The first-order valence-corrected chi connectivity index (χ1v) is 3.19. The summed E-state index contributed by atoms with van der Waals surface area (Å²) in [5.41, 5.74) is 0. The smallest absolute Gasteiger partial charge is 0.822 e. The van der Waals surface area contributed by atoms with Gasteiger partial charge >= 0.3 is 118 Å². The first kappa shape index (κ1) is 36.2. The Bertz CT molecular complexity index is 66.2. The van der Waals surface area contributed by atoms with Crippen LogP contribution in [0.1, 0.15) is 13.8 Å². The van der Waals surface area contributed by atoms with E-state index in [1.807, 2.05) is 13.8 Å². The molecule has 0 aliphatic heterocycles. The third-order valence-corrected chi connectivity index (χ3v) is 0. The van der Waals surface area contributed by atoms with Gasteiger partial charge in [-0.2, -0.15) is 7.82 Å². The van der Waals surface area contributed by atoms with Crippen LogP contribution < -0.4 is 133 Å². The molecule has 11 heavy (non-hydrogen) atoms. The summed E-state index contributed by atoms with van der Waals surface area (Å²) in [6.45, 7) is 4.00. The topological polar surface area (TPSA) is 86.2 Å². The largest absolute Gasteiger partial charge is 1.00 e. The minimum atomic E-state index is -5.39. The average molecular weight is 217 g/mol. The molecule has 0 saturated carbocycles. The number of rotatable bonds is 0. The first-order chi connectivity index (χ1) is 3.00. The van der Waals surface area contributed by atoms with Crippen LogP contribution in [0.15, 0.2) is 0 Å². The molecule has 0 N–H and O–H groups in total. The van der Waals surface area contributed by atoms with E-state index in [4.69, 9.17) is 19.2 Å². The molecule has 0 atom stereocenters. The maximum atomic E-state index is 8.55. The summed E-state index contributed by atoms with van der Waals surface area (Å²) >= 11 is 0. The van der Waals surface area contributed by atoms with Crippen molar-refractivity contribution in [2.75, 3.05) is 0 Å². The molecule has 0 saturated heterocycles. The fourth-order valence-corrected chi connectivity index (χ4v) is 0. The van der Waals surface area contributed by atoms with Gasteiger partial charge in [-0.15, -0.1) is 0 Å². The van der Waals surface area contributed by atoms with Crippen LogP contribution >= 0.6 is 7.82 Å². The van der Waals surface area contributed by atoms with Gasteiger partial charge in [0.15, 0.2) is 0 Å². The number of phosphoric acid groups is 1. The third-order valence-electron chi connectivity index (χ3n) is 0. The fourth-order valence-electron chi connectivity index (χ4n) is 0. The normalized spacial score (nSPS) is 5.91. The van der Waals surface area contributed by atoms with Gasteiger partial charge < -0.3 is 19.2 Å². The van der Waals surface area contributed by atoms with Crippen molar-refractivity contribution in [3.05, 3.63) is 0 Å². The molecule has 0 aromatic carbocycles. The van der Waals surface area contributed by atoms with E-state index in [9.17, 15) is 0 Å². The molecular formula is C2H6Na4O4P+. The van der Waals surface area contributed by atoms with Crippen molar-refractivity contribution in [2.24, 2.45) is 0 Å². The molecule has 0 bridgehead atoms. The molecule has 0 spiro atoms. The molecule has 0 rings (SSSR count). The molecule has 0 aliphatic rings. The second-order valence-corrected chi connectivity index (χ2v) is 1.34. The van der Waals surface area contributed by atoms with Gasteiger partial charge in [-0.05, 0) is 0 Å². The predicted octanol–water partition coefficient (Wildman–Crippen LogP) is -13.8. The summed E-state index contributed by atoms with van der Waals surface area (Å²) in [5.74, 6) is 0. The standard InChI is InChI=1S/C2H6.4Na.H3O4P/c1-2;;;;;1-5(2,3)4/h1-2H3;;;;;(H3,1,2,3,4)/q;4*+1;/p-3. The van der Waals surface area contributed by atoms with Gasteiger partial charge in [-0.25, -0.2) is 0 Å². The van der Waals surface area contributed by atoms with E-state index in [1.165, 1.54) is 0 Å². The zero-order valence-electron chi connectivity index (χ0n) is 8.08. The Hall–Kier alpha value is 4.11. The Balaban J connectivity index is -0.00000000972. The zero-order chi connectivity index (χ0) is 6.50. The molecule has 0 unspecified atom stereocenters. The van der Waals surface area contributed by atoms with Crippen LogP contribution in [0.4, 0.5) is 0 Å². The Kier molecular flexibility index (Phi) is 78.2. The maximum Gasteiger partial charge on any atom is 1.00 e. The maximum absolute atomic E-state index is 8.55. The summed E-state index contributed by atoms with van der Waals surface area (Å²) in [5, 5.41) is 0. The molecule has 46 valence electrons.